The predicted octanol–water partition coefficient (Wildman–Crippen LogP) is 4.47. The summed E-state index contributed by atoms with van der Waals surface area (Å²) in [6, 6.07) is 9.51. The molecule has 3 nitrogen and oxygen atoms in total. The molecule has 1 atom stereocenters. The molecule has 0 aliphatic heterocycles. The van der Waals surface area contributed by atoms with E-state index in [1.54, 1.807) is 23.5 Å². The van der Waals surface area contributed by atoms with Crippen LogP contribution in [0.4, 0.5) is 5.69 Å². The number of ether oxygens (including phenoxy) is 1. The van der Waals surface area contributed by atoms with Crippen LogP contribution in [0.15, 0.2) is 40.2 Å². The number of rotatable bonds is 4. The first kappa shape index (κ1) is 14.1. The number of esters is 1. The highest BCUT2D eigenvalue weighted by molar-refractivity contribution is 9.10. The highest BCUT2D eigenvalue weighted by Crippen LogP contribution is 2.31. The minimum absolute atomic E-state index is 0.207. The van der Waals surface area contributed by atoms with Crippen molar-refractivity contribution in [2.45, 2.75) is 13.0 Å². The summed E-state index contributed by atoms with van der Waals surface area (Å²) in [4.78, 5) is 12.6. The van der Waals surface area contributed by atoms with E-state index in [0.717, 1.165) is 10.2 Å². The number of methoxy groups -OCH3 is 1. The van der Waals surface area contributed by atoms with Crippen LogP contribution >= 0.6 is 27.3 Å². The van der Waals surface area contributed by atoms with E-state index in [9.17, 15) is 4.79 Å². The van der Waals surface area contributed by atoms with E-state index < -0.39 is 0 Å². The lowest BCUT2D eigenvalue weighted by atomic mass is 10.2. The van der Waals surface area contributed by atoms with Gasteiger partial charge in [0.15, 0.2) is 0 Å². The van der Waals surface area contributed by atoms with Gasteiger partial charge >= 0.3 is 5.97 Å². The quantitative estimate of drug-likeness (QED) is 0.835. The Balaban J connectivity index is 2.08. The van der Waals surface area contributed by atoms with Crippen LogP contribution in [-0.4, -0.2) is 13.1 Å². The van der Waals surface area contributed by atoms with Crippen LogP contribution in [0.1, 0.15) is 28.2 Å². The standard InChI is InChI=1S/C14H14BrNO2S/c1-9(13-12(15)7-8-19-13)16-11-5-3-10(4-6-11)14(17)18-2/h3-9,16H,1-2H3. The first-order valence-corrected chi connectivity index (χ1v) is 7.47. The number of hydrogen-bond acceptors (Lipinski definition) is 4. The van der Waals surface area contributed by atoms with Gasteiger partial charge in [-0.1, -0.05) is 0 Å². The van der Waals surface area contributed by atoms with Gasteiger partial charge in [-0.15, -0.1) is 11.3 Å². The van der Waals surface area contributed by atoms with Crippen LogP contribution in [0.5, 0.6) is 0 Å². The Bertz CT molecular complexity index is 565. The number of benzene rings is 1. The fourth-order valence-electron chi connectivity index (χ4n) is 1.75. The van der Waals surface area contributed by atoms with E-state index in [1.807, 2.05) is 18.2 Å². The Kier molecular flexibility index (Phi) is 4.61. The zero-order valence-corrected chi connectivity index (χ0v) is 13.0. The van der Waals surface area contributed by atoms with Gasteiger partial charge in [-0.3, -0.25) is 0 Å². The van der Waals surface area contributed by atoms with Gasteiger partial charge in [-0.05, 0) is 58.6 Å². The van der Waals surface area contributed by atoms with Crippen LogP contribution < -0.4 is 5.32 Å². The van der Waals surface area contributed by atoms with Crippen molar-refractivity contribution < 1.29 is 9.53 Å². The maximum atomic E-state index is 11.3. The summed E-state index contributed by atoms with van der Waals surface area (Å²) in [6.07, 6.45) is 0. The predicted molar refractivity (Wildman–Crippen MR) is 81.8 cm³/mol. The molecule has 0 fully saturated rings. The summed E-state index contributed by atoms with van der Waals surface area (Å²) >= 11 is 5.23. The first-order chi connectivity index (χ1) is 9.11. The van der Waals surface area contributed by atoms with Crippen molar-refractivity contribution >= 4 is 38.9 Å². The van der Waals surface area contributed by atoms with Crippen molar-refractivity contribution in [3.05, 3.63) is 50.6 Å². The van der Waals surface area contributed by atoms with Gasteiger partial charge in [-0.25, -0.2) is 4.79 Å². The Hall–Kier alpha value is -1.33. The van der Waals surface area contributed by atoms with Crippen molar-refractivity contribution in [1.29, 1.82) is 0 Å². The van der Waals surface area contributed by atoms with Gasteiger partial charge in [0.2, 0.25) is 0 Å². The molecule has 1 N–H and O–H groups in total. The molecule has 1 heterocycles. The molecule has 0 amide bonds. The van der Waals surface area contributed by atoms with Gasteiger partial charge < -0.3 is 10.1 Å². The molecule has 100 valence electrons. The molecule has 19 heavy (non-hydrogen) atoms. The van der Waals surface area contributed by atoms with Crippen molar-refractivity contribution in [1.82, 2.24) is 0 Å². The highest BCUT2D eigenvalue weighted by Gasteiger charge is 2.11. The lowest BCUT2D eigenvalue weighted by Gasteiger charge is -2.14. The molecule has 0 spiro atoms. The van der Waals surface area contributed by atoms with Gasteiger partial charge in [0.1, 0.15) is 0 Å². The number of nitrogens with one attached hydrogen (secondary N) is 1. The van der Waals surface area contributed by atoms with Crippen LogP contribution in [-0.2, 0) is 4.74 Å². The van der Waals surface area contributed by atoms with E-state index in [2.05, 4.69) is 38.3 Å². The van der Waals surface area contributed by atoms with Crippen molar-refractivity contribution in [2.75, 3.05) is 12.4 Å². The summed E-state index contributed by atoms with van der Waals surface area (Å²) in [5.41, 5.74) is 1.53. The Morgan fingerprint density at radius 2 is 2.00 bits per heavy atom. The van der Waals surface area contributed by atoms with Crippen molar-refractivity contribution in [3.63, 3.8) is 0 Å². The van der Waals surface area contributed by atoms with Gasteiger partial charge in [0.05, 0.1) is 18.7 Å². The van der Waals surface area contributed by atoms with E-state index in [1.165, 1.54) is 12.0 Å². The van der Waals surface area contributed by atoms with Crippen LogP contribution in [0.3, 0.4) is 0 Å². The van der Waals surface area contributed by atoms with Crippen LogP contribution in [0.2, 0.25) is 0 Å². The molecule has 0 radical (unpaired) electrons. The second-order valence-corrected chi connectivity index (χ2v) is 5.87. The average molecular weight is 340 g/mol. The Morgan fingerprint density at radius 1 is 1.32 bits per heavy atom. The average Bonchev–Trinajstić information content (AvgIpc) is 2.85. The normalized spacial score (nSPS) is 11.9. The summed E-state index contributed by atoms with van der Waals surface area (Å²) in [5, 5.41) is 5.45. The lowest BCUT2D eigenvalue weighted by Crippen LogP contribution is -2.06. The number of carbonyl (C=O) groups excluding carboxylic acids is 1. The molecule has 0 saturated heterocycles. The zero-order valence-electron chi connectivity index (χ0n) is 10.6. The van der Waals surface area contributed by atoms with Crippen molar-refractivity contribution in [2.24, 2.45) is 0 Å². The maximum absolute atomic E-state index is 11.3. The molecule has 2 rings (SSSR count). The second kappa shape index (κ2) is 6.21. The number of halogens is 1. The number of anilines is 1. The molecule has 2 aromatic rings. The highest BCUT2D eigenvalue weighted by atomic mass is 79.9. The molecule has 0 aliphatic rings. The summed E-state index contributed by atoms with van der Waals surface area (Å²) in [6.45, 7) is 2.10. The Labute approximate surface area is 124 Å². The molecule has 0 aliphatic carbocycles. The minimum atomic E-state index is -0.319. The van der Waals surface area contributed by atoms with Gasteiger partial charge in [0.25, 0.3) is 0 Å². The van der Waals surface area contributed by atoms with Gasteiger partial charge in [-0.2, -0.15) is 0 Å². The van der Waals surface area contributed by atoms with E-state index >= 15 is 0 Å². The van der Waals surface area contributed by atoms with Crippen LogP contribution in [0, 0.1) is 0 Å². The zero-order chi connectivity index (χ0) is 13.8. The molecular weight excluding hydrogens is 326 g/mol. The fourth-order valence-corrected chi connectivity index (χ4v) is 3.48. The molecule has 0 saturated carbocycles. The number of hydrogen-bond donors (Lipinski definition) is 1. The summed E-state index contributed by atoms with van der Waals surface area (Å²) in [7, 11) is 1.38. The third-order valence-electron chi connectivity index (χ3n) is 2.73. The third-order valence-corrected chi connectivity index (χ3v) is 4.78. The summed E-state index contributed by atoms with van der Waals surface area (Å²) in [5.74, 6) is -0.319. The molecule has 0 bridgehead atoms. The van der Waals surface area contributed by atoms with E-state index in [4.69, 9.17) is 0 Å². The molecular formula is C14H14BrNO2S. The monoisotopic (exact) mass is 339 g/mol. The summed E-state index contributed by atoms with van der Waals surface area (Å²) < 4.78 is 5.78. The Morgan fingerprint density at radius 3 is 2.53 bits per heavy atom. The van der Waals surface area contributed by atoms with E-state index in [0.29, 0.717) is 5.56 Å². The fraction of sp³-hybridized carbons (Fsp3) is 0.214. The van der Waals surface area contributed by atoms with E-state index in [-0.39, 0.29) is 12.0 Å². The number of carbonyl (C=O) groups is 1. The lowest BCUT2D eigenvalue weighted by molar-refractivity contribution is 0.0601. The third kappa shape index (κ3) is 3.36. The minimum Gasteiger partial charge on any atom is -0.465 e. The van der Waals surface area contributed by atoms with Crippen LogP contribution in [0.25, 0.3) is 0 Å². The number of thiophene rings is 1. The smallest absolute Gasteiger partial charge is 0.337 e. The largest absolute Gasteiger partial charge is 0.465 e. The van der Waals surface area contributed by atoms with Gasteiger partial charge in [0, 0.05) is 15.0 Å². The van der Waals surface area contributed by atoms with Crippen molar-refractivity contribution in [3.8, 4) is 0 Å². The topological polar surface area (TPSA) is 38.3 Å². The molecule has 1 aromatic heterocycles. The molecule has 5 heteroatoms. The SMILES string of the molecule is COC(=O)c1ccc(NC(C)c2sccc2Br)cc1. The molecule has 1 aromatic carbocycles. The molecule has 1 unspecified atom stereocenters. The second-order valence-electron chi connectivity index (χ2n) is 4.07. The first-order valence-electron chi connectivity index (χ1n) is 5.79. The maximum Gasteiger partial charge on any atom is 0.337 e.